The maximum absolute atomic E-state index is 12.3. The fourth-order valence-corrected chi connectivity index (χ4v) is 2.89. The molecular weight excluding hydrogens is 374 g/mol. The number of nitrogens with zero attached hydrogens (tertiary/aromatic N) is 1. The molecule has 2 aromatic carbocycles. The zero-order valence-electron chi connectivity index (χ0n) is 16.6. The summed E-state index contributed by atoms with van der Waals surface area (Å²) < 4.78 is 15.8. The zero-order chi connectivity index (χ0) is 20.6. The third-order valence-electron chi connectivity index (χ3n) is 4.46. The first kappa shape index (κ1) is 20.5. The molecule has 2 N–H and O–H groups in total. The van der Waals surface area contributed by atoms with E-state index in [4.69, 9.17) is 14.2 Å². The highest BCUT2D eigenvalue weighted by Crippen LogP contribution is 2.32. The molecule has 8 heteroatoms. The van der Waals surface area contributed by atoms with Crippen LogP contribution in [0.5, 0.6) is 17.2 Å². The molecule has 0 aromatic heterocycles. The van der Waals surface area contributed by atoms with E-state index < -0.39 is 0 Å². The molecule has 0 saturated heterocycles. The molecule has 0 radical (unpaired) electrons. The molecule has 2 amide bonds. The highest BCUT2D eigenvalue weighted by molar-refractivity contribution is 5.92. The van der Waals surface area contributed by atoms with Crippen LogP contribution in [0.2, 0.25) is 0 Å². The molecule has 3 rings (SSSR count). The van der Waals surface area contributed by atoms with Crippen molar-refractivity contribution in [3.8, 4) is 17.2 Å². The Morgan fingerprint density at radius 3 is 2.66 bits per heavy atom. The van der Waals surface area contributed by atoms with Gasteiger partial charge >= 0.3 is 0 Å². The van der Waals surface area contributed by atoms with Gasteiger partial charge in [-0.25, -0.2) is 0 Å². The van der Waals surface area contributed by atoms with Crippen molar-refractivity contribution >= 4 is 17.5 Å². The Hall–Kier alpha value is -3.26. The van der Waals surface area contributed by atoms with E-state index in [0.29, 0.717) is 36.0 Å². The third kappa shape index (κ3) is 5.86. The van der Waals surface area contributed by atoms with Gasteiger partial charge in [0, 0.05) is 18.3 Å². The van der Waals surface area contributed by atoms with Gasteiger partial charge in [0.15, 0.2) is 11.5 Å². The monoisotopic (exact) mass is 399 g/mol. The number of likely N-dealkylation sites (N-methyl/N-ethyl adjacent to an activating group) is 1. The van der Waals surface area contributed by atoms with Gasteiger partial charge in [0.05, 0.1) is 20.2 Å². The summed E-state index contributed by atoms with van der Waals surface area (Å²) in [5, 5.41) is 5.69. The first-order valence-electron chi connectivity index (χ1n) is 9.39. The summed E-state index contributed by atoms with van der Waals surface area (Å²) in [6, 6.07) is 12.7. The quantitative estimate of drug-likeness (QED) is 0.671. The summed E-state index contributed by atoms with van der Waals surface area (Å²) in [6.45, 7) is 3.32. The maximum atomic E-state index is 12.3. The smallest absolute Gasteiger partial charge is 0.238 e. The highest BCUT2D eigenvalue weighted by atomic mass is 16.7. The number of amides is 2. The van der Waals surface area contributed by atoms with Gasteiger partial charge in [0.1, 0.15) is 5.75 Å². The SMILES string of the molecule is CCN(CC(=O)NCc1ccc2c(c1)OCO2)CC(=O)Nc1cccc(OC)c1. The van der Waals surface area contributed by atoms with Crippen molar-refractivity contribution in [2.24, 2.45) is 0 Å². The van der Waals surface area contributed by atoms with Gasteiger partial charge in [0.25, 0.3) is 0 Å². The summed E-state index contributed by atoms with van der Waals surface area (Å²) >= 11 is 0. The number of rotatable bonds is 9. The van der Waals surface area contributed by atoms with E-state index in [1.54, 1.807) is 36.3 Å². The van der Waals surface area contributed by atoms with Crippen molar-refractivity contribution in [1.29, 1.82) is 0 Å². The van der Waals surface area contributed by atoms with Crippen LogP contribution >= 0.6 is 0 Å². The minimum atomic E-state index is -0.191. The molecule has 0 unspecified atom stereocenters. The number of ether oxygens (including phenoxy) is 3. The Labute approximate surface area is 169 Å². The van der Waals surface area contributed by atoms with Crippen LogP contribution in [0, 0.1) is 0 Å². The van der Waals surface area contributed by atoms with Crippen LogP contribution in [-0.2, 0) is 16.1 Å². The second-order valence-corrected chi connectivity index (χ2v) is 6.55. The van der Waals surface area contributed by atoms with Crippen LogP contribution in [-0.4, -0.2) is 50.3 Å². The predicted octanol–water partition coefficient (Wildman–Crippen LogP) is 2.00. The van der Waals surface area contributed by atoms with Crippen LogP contribution in [0.3, 0.4) is 0 Å². The number of carbonyl (C=O) groups excluding carboxylic acids is 2. The average Bonchev–Trinajstić information content (AvgIpc) is 3.19. The minimum Gasteiger partial charge on any atom is -0.497 e. The van der Waals surface area contributed by atoms with Gasteiger partial charge in [-0.1, -0.05) is 19.1 Å². The number of hydrogen-bond donors (Lipinski definition) is 2. The largest absolute Gasteiger partial charge is 0.497 e. The molecule has 0 spiro atoms. The van der Waals surface area contributed by atoms with Crippen molar-refractivity contribution in [3.63, 3.8) is 0 Å². The van der Waals surface area contributed by atoms with E-state index in [1.165, 1.54) is 0 Å². The van der Waals surface area contributed by atoms with Crippen molar-refractivity contribution < 1.29 is 23.8 Å². The highest BCUT2D eigenvalue weighted by Gasteiger charge is 2.15. The van der Waals surface area contributed by atoms with Gasteiger partial charge in [0.2, 0.25) is 18.6 Å². The number of anilines is 1. The lowest BCUT2D eigenvalue weighted by molar-refractivity contribution is -0.123. The standard InChI is InChI=1S/C21H25N3O5/c1-3-24(13-21(26)23-16-5-4-6-17(10-16)27-2)12-20(25)22-11-15-7-8-18-19(9-15)29-14-28-18/h4-10H,3,11-14H2,1-2H3,(H,22,25)(H,23,26). The number of carbonyl (C=O) groups is 2. The number of hydrogen-bond acceptors (Lipinski definition) is 6. The number of fused-ring (bicyclic) bond motifs is 1. The van der Waals surface area contributed by atoms with Gasteiger partial charge < -0.3 is 24.8 Å². The summed E-state index contributed by atoms with van der Waals surface area (Å²) in [5.41, 5.74) is 1.57. The zero-order valence-corrected chi connectivity index (χ0v) is 16.6. The van der Waals surface area contributed by atoms with E-state index in [-0.39, 0.29) is 31.7 Å². The molecule has 0 aliphatic carbocycles. The van der Waals surface area contributed by atoms with E-state index in [2.05, 4.69) is 10.6 Å². The lowest BCUT2D eigenvalue weighted by Crippen LogP contribution is -2.40. The molecule has 0 atom stereocenters. The van der Waals surface area contributed by atoms with E-state index in [9.17, 15) is 9.59 Å². The lowest BCUT2D eigenvalue weighted by atomic mass is 10.2. The molecule has 8 nitrogen and oxygen atoms in total. The summed E-state index contributed by atoms with van der Waals surface area (Å²) in [5.74, 6) is 1.71. The van der Waals surface area contributed by atoms with Crippen molar-refractivity contribution in [2.75, 3.05) is 38.9 Å². The van der Waals surface area contributed by atoms with Gasteiger partial charge in [-0.2, -0.15) is 0 Å². The summed E-state index contributed by atoms with van der Waals surface area (Å²) in [6.07, 6.45) is 0. The Kier molecular flexibility index (Phi) is 6.91. The summed E-state index contributed by atoms with van der Waals surface area (Å²) in [4.78, 5) is 26.4. The third-order valence-corrected chi connectivity index (χ3v) is 4.46. The lowest BCUT2D eigenvalue weighted by Gasteiger charge is -2.19. The van der Waals surface area contributed by atoms with Gasteiger partial charge in [-0.05, 0) is 36.4 Å². The molecule has 0 saturated carbocycles. The Morgan fingerprint density at radius 1 is 1.07 bits per heavy atom. The average molecular weight is 399 g/mol. The van der Waals surface area contributed by atoms with Crippen LogP contribution in [0.4, 0.5) is 5.69 Å². The fraction of sp³-hybridized carbons (Fsp3) is 0.333. The van der Waals surface area contributed by atoms with Crippen molar-refractivity contribution in [3.05, 3.63) is 48.0 Å². The van der Waals surface area contributed by atoms with Crippen LogP contribution < -0.4 is 24.8 Å². The molecule has 1 heterocycles. The van der Waals surface area contributed by atoms with E-state index in [1.807, 2.05) is 25.1 Å². The normalized spacial score (nSPS) is 12.0. The van der Waals surface area contributed by atoms with Crippen LogP contribution in [0.15, 0.2) is 42.5 Å². The second-order valence-electron chi connectivity index (χ2n) is 6.55. The Morgan fingerprint density at radius 2 is 1.86 bits per heavy atom. The van der Waals surface area contributed by atoms with E-state index >= 15 is 0 Å². The van der Waals surface area contributed by atoms with Gasteiger partial charge in [-0.15, -0.1) is 0 Å². The second kappa shape index (κ2) is 9.79. The molecule has 154 valence electrons. The van der Waals surface area contributed by atoms with Gasteiger partial charge in [-0.3, -0.25) is 14.5 Å². The van der Waals surface area contributed by atoms with Crippen LogP contribution in [0.1, 0.15) is 12.5 Å². The first-order chi connectivity index (χ1) is 14.1. The molecule has 1 aliphatic rings. The number of benzene rings is 2. The molecule has 1 aliphatic heterocycles. The van der Waals surface area contributed by atoms with Crippen molar-refractivity contribution in [1.82, 2.24) is 10.2 Å². The summed E-state index contributed by atoms with van der Waals surface area (Å²) in [7, 11) is 1.57. The predicted molar refractivity (Wildman–Crippen MR) is 108 cm³/mol. The molecule has 0 bridgehead atoms. The Balaban J connectivity index is 1.45. The molecule has 0 fully saturated rings. The number of methoxy groups -OCH3 is 1. The van der Waals surface area contributed by atoms with Crippen LogP contribution in [0.25, 0.3) is 0 Å². The number of nitrogens with one attached hydrogen (secondary N) is 2. The molecule has 29 heavy (non-hydrogen) atoms. The topological polar surface area (TPSA) is 89.1 Å². The first-order valence-corrected chi connectivity index (χ1v) is 9.39. The molecule has 2 aromatic rings. The Bertz CT molecular complexity index is 871. The molecular formula is C21H25N3O5. The fourth-order valence-electron chi connectivity index (χ4n) is 2.89. The van der Waals surface area contributed by atoms with Crippen molar-refractivity contribution in [2.45, 2.75) is 13.5 Å². The van der Waals surface area contributed by atoms with E-state index in [0.717, 1.165) is 5.56 Å². The minimum absolute atomic E-state index is 0.116. The maximum Gasteiger partial charge on any atom is 0.238 e.